The van der Waals surface area contributed by atoms with Crippen LogP contribution in [0.1, 0.15) is 20.3 Å². The van der Waals surface area contributed by atoms with Gasteiger partial charge in [0.15, 0.2) is 20.4 Å². The molecule has 0 aliphatic carbocycles. The van der Waals surface area contributed by atoms with Crippen molar-refractivity contribution in [3.05, 3.63) is 32.0 Å². The molecule has 0 saturated heterocycles. The summed E-state index contributed by atoms with van der Waals surface area (Å²) >= 11 is 1.67. The van der Waals surface area contributed by atoms with E-state index < -0.39 is 37.8 Å². The highest BCUT2D eigenvalue weighted by Crippen LogP contribution is 2.30. The topological polar surface area (TPSA) is 93.4 Å². The number of aromatic nitrogens is 1. The highest BCUT2D eigenvalue weighted by molar-refractivity contribution is 14.1. The summed E-state index contributed by atoms with van der Waals surface area (Å²) in [6, 6.07) is 1.08. The van der Waals surface area contributed by atoms with Crippen LogP contribution < -0.4 is 5.56 Å². The molecule has 9 heteroatoms. The first-order valence-electron chi connectivity index (χ1n) is 6.43. The van der Waals surface area contributed by atoms with E-state index in [0.717, 1.165) is 30.0 Å². The zero-order valence-corrected chi connectivity index (χ0v) is 15.3. The maximum atomic E-state index is 13.6. The summed E-state index contributed by atoms with van der Waals surface area (Å²) in [7, 11) is -3.94. The van der Waals surface area contributed by atoms with Gasteiger partial charge in [-0.2, -0.15) is 0 Å². The van der Waals surface area contributed by atoms with Crippen LogP contribution in [0.3, 0.4) is 0 Å². The second-order valence-corrected chi connectivity index (χ2v) is 8.80. The third-order valence-electron chi connectivity index (χ3n) is 3.91. The molecular weight excluding hydrogens is 428 g/mol. The molecule has 0 bridgehead atoms. The Morgan fingerprint density at radius 2 is 2.09 bits per heavy atom. The minimum absolute atomic E-state index is 0.149. The molecule has 0 amide bonds. The fraction of sp³-hybridized carbons (Fsp3) is 0.538. The van der Waals surface area contributed by atoms with Gasteiger partial charge in [0.1, 0.15) is 0 Å². The van der Waals surface area contributed by atoms with E-state index in [9.17, 15) is 27.5 Å². The minimum atomic E-state index is -3.94. The van der Waals surface area contributed by atoms with Crippen LogP contribution in [-0.2, 0) is 21.2 Å². The smallest absolute Gasteiger partial charge is 0.325 e. The normalized spacial score (nSPS) is 16.0. The Morgan fingerprint density at radius 1 is 1.55 bits per heavy atom. The number of nitrogens with zero attached hydrogens (tertiary/aromatic N) is 1. The third kappa shape index (κ3) is 3.50. The SMILES string of the molecule is CCC(Cn1cc(F)c(I)cc1=O)[C@](C)(C(=O)O)S(C)(=O)=O. The van der Waals surface area contributed by atoms with Crippen LogP contribution in [0.4, 0.5) is 4.39 Å². The Morgan fingerprint density at radius 3 is 2.50 bits per heavy atom. The molecule has 0 saturated carbocycles. The van der Waals surface area contributed by atoms with Crippen molar-refractivity contribution in [1.29, 1.82) is 0 Å². The molecule has 0 radical (unpaired) electrons. The number of carboxylic acid groups (broad SMARTS) is 1. The fourth-order valence-corrected chi connectivity index (χ4v) is 3.80. The van der Waals surface area contributed by atoms with Gasteiger partial charge in [-0.3, -0.25) is 9.59 Å². The summed E-state index contributed by atoms with van der Waals surface area (Å²) in [6.07, 6.45) is 2.02. The van der Waals surface area contributed by atoms with E-state index in [0.29, 0.717) is 0 Å². The number of halogens is 2. The monoisotopic (exact) mass is 445 g/mol. The molecule has 0 aliphatic heterocycles. The second kappa shape index (κ2) is 6.65. The molecular formula is C13H17FINO5S. The Bertz CT molecular complexity index is 745. The molecule has 124 valence electrons. The first kappa shape index (κ1) is 19.1. The van der Waals surface area contributed by atoms with Gasteiger partial charge in [0.2, 0.25) is 0 Å². The molecule has 6 nitrogen and oxygen atoms in total. The predicted molar refractivity (Wildman–Crippen MR) is 88.0 cm³/mol. The van der Waals surface area contributed by atoms with Crippen LogP contribution in [0.2, 0.25) is 0 Å². The Hall–Kier alpha value is -0.970. The van der Waals surface area contributed by atoms with E-state index in [1.807, 2.05) is 0 Å². The first-order valence-corrected chi connectivity index (χ1v) is 9.40. The van der Waals surface area contributed by atoms with Gasteiger partial charge in [0.05, 0.1) is 3.57 Å². The third-order valence-corrected chi connectivity index (χ3v) is 6.79. The lowest BCUT2D eigenvalue weighted by Gasteiger charge is -2.32. The quantitative estimate of drug-likeness (QED) is 0.671. The van der Waals surface area contributed by atoms with Crippen molar-refractivity contribution in [3.8, 4) is 0 Å². The maximum Gasteiger partial charge on any atom is 0.325 e. The van der Waals surface area contributed by atoms with Gasteiger partial charge in [-0.05, 0) is 35.9 Å². The number of aliphatic carboxylic acids is 1. The highest BCUT2D eigenvalue weighted by Gasteiger charge is 2.49. The molecule has 0 spiro atoms. The lowest BCUT2D eigenvalue weighted by molar-refractivity contribution is -0.141. The van der Waals surface area contributed by atoms with E-state index in [1.165, 1.54) is 0 Å². The van der Waals surface area contributed by atoms with Crippen molar-refractivity contribution in [2.24, 2.45) is 5.92 Å². The average Bonchev–Trinajstić information content (AvgIpc) is 2.39. The van der Waals surface area contributed by atoms with Gasteiger partial charge in [-0.25, -0.2) is 12.8 Å². The number of rotatable bonds is 6. The predicted octanol–water partition coefficient (Wildman–Crippen LogP) is 1.51. The number of carbonyl (C=O) groups is 1. The van der Waals surface area contributed by atoms with E-state index in [2.05, 4.69) is 0 Å². The summed E-state index contributed by atoms with van der Waals surface area (Å²) in [6.45, 7) is 2.55. The Balaban J connectivity index is 3.37. The zero-order valence-electron chi connectivity index (χ0n) is 12.3. The van der Waals surface area contributed by atoms with Crippen LogP contribution in [0.25, 0.3) is 0 Å². The van der Waals surface area contributed by atoms with Crippen molar-refractivity contribution < 1.29 is 22.7 Å². The lowest BCUT2D eigenvalue weighted by atomic mass is 9.90. The summed E-state index contributed by atoms with van der Waals surface area (Å²) in [5.74, 6) is -2.98. The van der Waals surface area contributed by atoms with Gasteiger partial charge in [0.25, 0.3) is 5.56 Å². The van der Waals surface area contributed by atoms with Gasteiger partial charge in [-0.1, -0.05) is 6.92 Å². The summed E-state index contributed by atoms with van der Waals surface area (Å²) in [5, 5.41) is 9.37. The van der Waals surface area contributed by atoms with E-state index in [-0.39, 0.29) is 16.5 Å². The molecule has 1 unspecified atom stereocenters. The number of hydrogen-bond acceptors (Lipinski definition) is 4. The van der Waals surface area contributed by atoms with Crippen molar-refractivity contribution >= 4 is 38.4 Å². The first-order chi connectivity index (χ1) is 9.95. The van der Waals surface area contributed by atoms with E-state index in [1.54, 1.807) is 29.5 Å². The van der Waals surface area contributed by atoms with Crippen molar-refractivity contribution in [1.82, 2.24) is 4.57 Å². The van der Waals surface area contributed by atoms with Crippen LogP contribution in [-0.4, -0.2) is 35.1 Å². The maximum absolute atomic E-state index is 13.6. The number of sulfone groups is 1. The van der Waals surface area contributed by atoms with Gasteiger partial charge in [-0.15, -0.1) is 0 Å². The Kier molecular flexibility index (Phi) is 5.77. The van der Waals surface area contributed by atoms with Crippen LogP contribution >= 0.6 is 22.6 Å². The van der Waals surface area contributed by atoms with Crippen molar-refractivity contribution in [3.63, 3.8) is 0 Å². The van der Waals surface area contributed by atoms with Crippen LogP contribution in [0.15, 0.2) is 17.1 Å². The molecule has 22 heavy (non-hydrogen) atoms. The lowest BCUT2D eigenvalue weighted by Crippen LogP contribution is -2.51. The van der Waals surface area contributed by atoms with Gasteiger partial charge in [0, 0.05) is 31.0 Å². The molecule has 0 aliphatic rings. The summed E-state index contributed by atoms with van der Waals surface area (Å²) < 4.78 is 36.6. The molecule has 1 aromatic heterocycles. The van der Waals surface area contributed by atoms with Gasteiger partial charge < -0.3 is 9.67 Å². The largest absolute Gasteiger partial charge is 0.480 e. The minimum Gasteiger partial charge on any atom is -0.480 e. The number of pyridine rings is 1. The number of hydrogen-bond donors (Lipinski definition) is 1. The van der Waals surface area contributed by atoms with Crippen LogP contribution in [0.5, 0.6) is 0 Å². The van der Waals surface area contributed by atoms with E-state index >= 15 is 0 Å². The molecule has 0 fully saturated rings. The van der Waals surface area contributed by atoms with E-state index in [4.69, 9.17) is 0 Å². The molecule has 1 rings (SSSR count). The van der Waals surface area contributed by atoms with Crippen molar-refractivity contribution in [2.75, 3.05) is 6.26 Å². The van der Waals surface area contributed by atoms with Gasteiger partial charge >= 0.3 is 5.97 Å². The molecule has 0 aromatic carbocycles. The molecule has 2 atom stereocenters. The average molecular weight is 445 g/mol. The molecule has 1 N–H and O–H groups in total. The van der Waals surface area contributed by atoms with Crippen molar-refractivity contribution in [2.45, 2.75) is 31.6 Å². The summed E-state index contributed by atoms with van der Waals surface area (Å²) in [4.78, 5) is 23.4. The standard InChI is InChI=1S/C13H17FINO5S/c1-4-8(13(2,12(18)19)22(3,20)21)6-16-7-9(14)10(15)5-11(16)17/h5,7-8H,4,6H2,1-3H3,(H,18,19)/t8?,13-/m1/s1. The molecule has 1 heterocycles. The fourth-order valence-electron chi connectivity index (χ4n) is 2.23. The highest BCUT2D eigenvalue weighted by atomic mass is 127. The molecule has 1 aromatic rings. The zero-order chi connectivity index (χ0) is 17.3. The number of carboxylic acids is 1. The van der Waals surface area contributed by atoms with Crippen LogP contribution in [0, 0.1) is 15.3 Å². The second-order valence-electron chi connectivity index (χ2n) is 5.25. The Labute approximate surface area is 141 Å². The summed E-state index contributed by atoms with van der Waals surface area (Å²) in [5.41, 5.74) is -0.509.